The van der Waals surface area contributed by atoms with Gasteiger partial charge in [0.05, 0.1) is 18.2 Å². The molecule has 1 amide bonds. The summed E-state index contributed by atoms with van der Waals surface area (Å²) in [6, 6.07) is 11.4. The van der Waals surface area contributed by atoms with Crippen molar-refractivity contribution in [1.29, 1.82) is 0 Å². The molecule has 0 fully saturated rings. The van der Waals surface area contributed by atoms with E-state index in [4.69, 9.17) is 21.1 Å². The Morgan fingerprint density at radius 2 is 1.84 bits per heavy atom. The fourth-order valence-electron chi connectivity index (χ4n) is 2.69. The fourth-order valence-corrected chi connectivity index (χ4v) is 3.64. The SMILES string of the molecule is CCCOc1ccc(/C=C(\Cl)c2nnc(C(=O)NCc3ccc(F)cc3)s2)cc1OCC. The van der Waals surface area contributed by atoms with Gasteiger partial charge in [-0.25, -0.2) is 4.39 Å². The summed E-state index contributed by atoms with van der Waals surface area (Å²) in [7, 11) is 0. The van der Waals surface area contributed by atoms with E-state index in [1.54, 1.807) is 18.2 Å². The van der Waals surface area contributed by atoms with E-state index in [2.05, 4.69) is 15.5 Å². The fraction of sp³-hybridized carbons (Fsp3) is 0.261. The third kappa shape index (κ3) is 6.51. The van der Waals surface area contributed by atoms with Crippen LogP contribution in [-0.4, -0.2) is 29.3 Å². The van der Waals surface area contributed by atoms with Crippen LogP contribution in [0.3, 0.4) is 0 Å². The molecular weight excluding hydrogens is 453 g/mol. The zero-order valence-electron chi connectivity index (χ0n) is 17.7. The lowest BCUT2D eigenvalue weighted by atomic mass is 10.2. The number of aromatic nitrogens is 2. The smallest absolute Gasteiger partial charge is 0.282 e. The van der Waals surface area contributed by atoms with E-state index in [0.29, 0.717) is 34.8 Å². The quantitative estimate of drug-likeness (QED) is 0.417. The van der Waals surface area contributed by atoms with Crippen molar-refractivity contribution in [2.75, 3.05) is 13.2 Å². The Kier molecular flexibility index (Phi) is 8.58. The lowest BCUT2D eigenvalue weighted by molar-refractivity contribution is 0.0950. The van der Waals surface area contributed by atoms with Crippen molar-refractivity contribution in [3.63, 3.8) is 0 Å². The van der Waals surface area contributed by atoms with Gasteiger partial charge in [0.2, 0.25) is 5.01 Å². The average Bonchev–Trinajstić information content (AvgIpc) is 3.29. The first-order chi connectivity index (χ1) is 15.5. The van der Waals surface area contributed by atoms with Crippen LogP contribution in [0, 0.1) is 5.82 Å². The molecular formula is C23H23ClFN3O3S. The summed E-state index contributed by atoms with van der Waals surface area (Å²) in [5, 5.41) is 11.6. The Morgan fingerprint density at radius 1 is 1.09 bits per heavy atom. The second kappa shape index (κ2) is 11.6. The van der Waals surface area contributed by atoms with Crippen LogP contribution in [0.25, 0.3) is 11.1 Å². The molecule has 2 aromatic carbocycles. The lowest BCUT2D eigenvalue weighted by Crippen LogP contribution is -2.22. The van der Waals surface area contributed by atoms with Crippen LogP contribution in [0.1, 0.15) is 46.2 Å². The maximum atomic E-state index is 13.0. The molecule has 0 aliphatic carbocycles. The minimum absolute atomic E-state index is 0.187. The molecule has 3 aromatic rings. The number of amides is 1. The highest BCUT2D eigenvalue weighted by Crippen LogP contribution is 2.31. The Labute approximate surface area is 195 Å². The first-order valence-electron chi connectivity index (χ1n) is 10.1. The van der Waals surface area contributed by atoms with Gasteiger partial charge in [0.1, 0.15) is 5.82 Å². The van der Waals surface area contributed by atoms with E-state index < -0.39 is 0 Å². The summed E-state index contributed by atoms with van der Waals surface area (Å²) in [6.45, 7) is 5.31. The van der Waals surface area contributed by atoms with E-state index in [9.17, 15) is 9.18 Å². The van der Waals surface area contributed by atoms with Gasteiger partial charge < -0.3 is 14.8 Å². The normalized spacial score (nSPS) is 11.3. The lowest BCUT2D eigenvalue weighted by Gasteiger charge is -2.12. The summed E-state index contributed by atoms with van der Waals surface area (Å²) in [5.41, 5.74) is 1.58. The molecule has 0 unspecified atom stereocenters. The minimum Gasteiger partial charge on any atom is -0.490 e. The van der Waals surface area contributed by atoms with E-state index in [1.165, 1.54) is 12.1 Å². The summed E-state index contributed by atoms with van der Waals surface area (Å²) in [4.78, 5) is 12.3. The molecule has 0 saturated carbocycles. The Hall–Kier alpha value is -2.97. The van der Waals surface area contributed by atoms with Gasteiger partial charge in [-0.2, -0.15) is 0 Å². The predicted octanol–water partition coefficient (Wildman–Crippen LogP) is 5.53. The maximum absolute atomic E-state index is 13.0. The molecule has 3 rings (SSSR count). The molecule has 1 N–H and O–H groups in total. The third-order valence-electron chi connectivity index (χ3n) is 4.21. The summed E-state index contributed by atoms with van der Waals surface area (Å²) >= 11 is 7.51. The van der Waals surface area contributed by atoms with Gasteiger partial charge >= 0.3 is 0 Å². The summed E-state index contributed by atoms with van der Waals surface area (Å²) in [5.74, 6) is 0.612. The molecule has 1 heterocycles. The summed E-state index contributed by atoms with van der Waals surface area (Å²) < 4.78 is 24.4. The van der Waals surface area contributed by atoms with E-state index in [0.717, 1.165) is 28.9 Å². The molecule has 6 nitrogen and oxygen atoms in total. The van der Waals surface area contributed by atoms with Gasteiger partial charge in [-0.1, -0.05) is 48.1 Å². The predicted molar refractivity (Wildman–Crippen MR) is 125 cm³/mol. The highest BCUT2D eigenvalue weighted by atomic mass is 35.5. The molecule has 168 valence electrons. The zero-order valence-corrected chi connectivity index (χ0v) is 19.3. The molecule has 0 atom stereocenters. The van der Waals surface area contributed by atoms with Crippen molar-refractivity contribution < 1.29 is 18.7 Å². The average molecular weight is 476 g/mol. The molecule has 1 aromatic heterocycles. The van der Waals surface area contributed by atoms with Crippen molar-refractivity contribution in [1.82, 2.24) is 15.5 Å². The van der Waals surface area contributed by atoms with E-state index >= 15 is 0 Å². The van der Waals surface area contributed by atoms with Crippen molar-refractivity contribution >= 4 is 40.0 Å². The molecule has 0 spiro atoms. The number of carbonyl (C=O) groups excluding carboxylic acids is 1. The second-order valence-corrected chi connectivity index (χ2v) is 8.09. The van der Waals surface area contributed by atoms with Gasteiger partial charge in [-0.3, -0.25) is 4.79 Å². The van der Waals surface area contributed by atoms with Crippen LogP contribution >= 0.6 is 22.9 Å². The van der Waals surface area contributed by atoms with Crippen molar-refractivity contribution in [2.24, 2.45) is 0 Å². The van der Waals surface area contributed by atoms with Crippen LogP contribution in [0.5, 0.6) is 11.5 Å². The van der Waals surface area contributed by atoms with Crippen LogP contribution in [0.4, 0.5) is 4.39 Å². The number of nitrogens with one attached hydrogen (secondary N) is 1. The first-order valence-corrected chi connectivity index (χ1v) is 11.3. The highest BCUT2D eigenvalue weighted by molar-refractivity contribution is 7.15. The Morgan fingerprint density at radius 3 is 2.56 bits per heavy atom. The van der Waals surface area contributed by atoms with Gasteiger partial charge in [0, 0.05) is 6.54 Å². The van der Waals surface area contributed by atoms with Crippen molar-refractivity contribution in [3.05, 3.63) is 69.4 Å². The first kappa shape index (κ1) is 23.7. The number of hydrogen-bond acceptors (Lipinski definition) is 6. The Balaban J connectivity index is 1.68. The number of halogens is 2. The molecule has 32 heavy (non-hydrogen) atoms. The molecule has 0 aliphatic rings. The Bertz CT molecular complexity index is 1090. The van der Waals surface area contributed by atoms with Crippen molar-refractivity contribution in [3.8, 4) is 11.5 Å². The minimum atomic E-state index is -0.376. The van der Waals surface area contributed by atoms with E-state index in [-0.39, 0.29) is 23.3 Å². The number of rotatable bonds is 10. The molecule has 0 radical (unpaired) electrons. The van der Waals surface area contributed by atoms with Gasteiger partial charge in [0.15, 0.2) is 16.5 Å². The number of hydrogen-bond donors (Lipinski definition) is 1. The molecule has 0 bridgehead atoms. The topological polar surface area (TPSA) is 73.3 Å². The number of ether oxygens (including phenoxy) is 2. The highest BCUT2D eigenvalue weighted by Gasteiger charge is 2.15. The van der Waals surface area contributed by atoms with Gasteiger partial charge in [0.25, 0.3) is 5.91 Å². The van der Waals surface area contributed by atoms with Crippen LogP contribution in [0.2, 0.25) is 0 Å². The zero-order chi connectivity index (χ0) is 22.9. The van der Waals surface area contributed by atoms with Gasteiger partial charge in [-0.15, -0.1) is 10.2 Å². The molecule has 9 heteroatoms. The van der Waals surface area contributed by atoms with Crippen molar-refractivity contribution in [2.45, 2.75) is 26.8 Å². The standard InChI is InChI=1S/C23H23ClFN3O3S/c1-3-11-31-19-10-7-16(13-20(19)30-4-2)12-18(24)22-27-28-23(32-22)21(29)26-14-15-5-8-17(25)9-6-15/h5-10,12-13H,3-4,11,14H2,1-2H3,(H,26,29)/b18-12-. The van der Waals surface area contributed by atoms with E-state index in [1.807, 2.05) is 32.0 Å². The monoisotopic (exact) mass is 475 g/mol. The number of benzene rings is 2. The molecule has 0 aliphatic heterocycles. The number of nitrogens with zero attached hydrogens (tertiary/aromatic N) is 2. The summed E-state index contributed by atoms with van der Waals surface area (Å²) in [6.07, 6.45) is 2.63. The molecule has 0 saturated heterocycles. The maximum Gasteiger partial charge on any atom is 0.282 e. The van der Waals surface area contributed by atoms with Crippen LogP contribution in [-0.2, 0) is 6.54 Å². The third-order valence-corrected chi connectivity index (χ3v) is 5.57. The van der Waals surface area contributed by atoms with Gasteiger partial charge in [-0.05, 0) is 54.8 Å². The van der Waals surface area contributed by atoms with Crippen LogP contribution in [0.15, 0.2) is 42.5 Å². The number of carbonyl (C=O) groups is 1. The largest absolute Gasteiger partial charge is 0.490 e. The second-order valence-electron chi connectivity index (χ2n) is 6.70. The van der Waals surface area contributed by atoms with Crippen LogP contribution < -0.4 is 14.8 Å².